The number of benzene rings is 3. The van der Waals surface area contributed by atoms with Crippen molar-refractivity contribution in [1.82, 2.24) is 16.1 Å². The van der Waals surface area contributed by atoms with Gasteiger partial charge in [-0.25, -0.2) is 10.2 Å². The first kappa shape index (κ1) is 31.0. The highest BCUT2D eigenvalue weighted by Crippen LogP contribution is 2.33. The maximum absolute atomic E-state index is 12.7. The van der Waals surface area contributed by atoms with Gasteiger partial charge in [-0.1, -0.05) is 57.9 Å². The van der Waals surface area contributed by atoms with Crippen molar-refractivity contribution in [3.63, 3.8) is 0 Å². The number of rotatable bonds is 11. The molecule has 3 aromatic carbocycles. The van der Waals surface area contributed by atoms with E-state index >= 15 is 0 Å². The lowest BCUT2D eigenvalue weighted by atomic mass is 9.95. The van der Waals surface area contributed by atoms with E-state index < -0.39 is 17.9 Å². The zero-order valence-corrected chi connectivity index (χ0v) is 25.9. The molecule has 1 atom stereocenters. The van der Waals surface area contributed by atoms with Crippen LogP contribution in [-0.2, 0) is 20.9 Å². The summed E-state index contributed by atoms with van der Waals surface area (Å²) < 4.78 is 17.9. The molecule has 1 aliphatic rings. The van der Waals surface area contributed by atoms with Crippen molar-refractivity contribution >= 4 is 63.0 Å². The van der Waals surface area contributed by atoms with E-state index in [-0.39, 0.29) is 13.2 Å². The minimum absolute atomic E-state index is 0.223. The first-order valence-corrected chi connectivity index (χ1v) is 14.5. The molecule has 9 nitrogen and oxygen atoms in total. The summed E-state index contributed by atoms with van der Waals surface area (Å²) in [6.45, 7) is 3.70. The SMILES string of the molecule is CCOC(=O)C1=C(C)NC(=S)N[C@H]1c1ccccc1OCC(=O)NN=Cc1cc(Br)ccc1OCc1cccc(Cl)c1. The number of carbonyl (C=O) groups is 2. The number of allylic oxidation sites excluding steroid dienone is 1. The van der Waals surface area contributed by atoms with Crippen molar-refractivity contribution in [3.05, 3.63) is 104 Å². The Morgan fingerprint density at radius 3 is 2.69 bits per heavy atom. The number of nitrogens with zero attached hydrogens (tertiary/aromatic N) is 1. The molecular formula is C30H28BrClN4O5S. The van der Waals surface area contributed by atoms with Gasteiger partial charge in [0.2, 0.25) is 0 Å². The molecule has 0 unspecified atom stereocenters. The van der Waals surface area contributed by atoms with Crippen molar-refractivity contribution in [2.45, 2.75) is 26.5 Å². The Labute approximate surface area is 262 Å². The second-order valence-corrected chi connectivity index (χ2v) is 10.8. The Balaban J connectivity index is 1.41. The lowest BCUT2D eigenvalue weighted by molar-refractivity contribution is -0.139. The number of para-hydroxylation sites is 1. The molecule has 1 heterocycles. The number of esters is 1. The molecule has 3 aromatic rings. The van der Waals surface area contributed by atoms with E-state index in [1.54, 1.807) is 44.2 Å². The molecule has 1 amide bonds. The predicted molar refractivity (Wildman–Crippen MR) is 169 cm³/mol. The Morgan fingerprint density at radius 2 is 1.90 bits per heavy atom. The molecule has 0 spiro atoms. The Morgan fingerprint density at radius 1 is 1.10 bits per heavy atom. The highest BCUT2D eigenvalue weighted by atomic mass is 79.9. The highest BCUT2D eigenvalue weighted by molar-refractivity contribution is 9.10. The maximum atomic E-state index is 12.7. The van der Waals surface area contributed by atoms with Gasteiger partial charge in [0, 0.05) is 26.3 Å². The summed E-state index contributed by atoms with van der Waals surface area (Å²) in [7, 11) is 0. The molecule has 12 heteroatoms. The third-order valence-corrected chi connectivity index (χ3v) is 6.95. The molecule has 3 N–H and O–H groups in total. The molecule has 42 heavy (non-hydrogen) atoms. The van der Waals surface area contributed by atoms with Crippen molar-refractivity contribution in [2.75, 3.05) is 13.2 Å². The standard InChI is InChI=1S/C30H28BrClN4O5S/c1-3-39-29(38)27-18(2)34-30(42)35-28(27)23-9-4-5-10-25(23)41-17-26(37)36-33-15-20-14-21(31)11-12-24(20)40-16-19-7-6-8-22(32)13-19/h4-15,28H,3,16-17H2,1-2H3,(H,36,37)(H2,34,35,42)/t28-/m0/s1. The van der Waals surface area contributed by atoms with Gasteiger partial charge in [0.05, 0.1) is 24.4 Å². The minimum atomic E-state index is -0.628. The number of halogens is 2. The number of amides is 1. The van der Waals surface area contributed by atoms with Crippen LogP contribution in [0.1, 0.15) is 36.6 Å². The quantitative estimate of drug-likeness (QED) is 0.105. The van der Waals surface area contributed by atoms with Crippen LogP contribution >= 0.6 is 39.7 Å². The Bertz CT molecular complexity index is 1550. The van der Waals surface area contributed by atoms with E-state index in [4.69, 9.17) is 38.0 Å². The van der Waals surface area contributed by atoms with Gasteiger partial charge in [-0.3, -0.25) is 4.79 Å². The molecule has 0 fully saturated rings. The van der Waals surface area contributed by atoms with Gasteiger partial charge in [-0.05, 0) is 68.0 Å². The van der Waals surface area contributed by atoms with Crippen LogP contribution in [0, 0.1) is 0 Å². The van der Waals surface area contributed by atoms with E-state index in [1.165, 1.54) is 6.21 Å². The monoisotopic (exact) mass is 670 g/mol. The van der Waals surface area contributed by atoms with Gasteiger partial charge in [-0.15, -0.1) is 0 Å². The average molecular weight is 672 g/mol. The third kappa shape index (κ3) is 8.31. The van der Waals surface area contributed by atoms with Crippen molar-refractivity contribution in [1.29, 1.82) is 0 Å². The zero-order chi connectivity index (χ0) is 30.1. The molecule has 1 aliphatic heterocycles. The first-order valence-electron chi connectivity index (χ1n) is 12.9. The van der Waals surface area contributed by atoms with Crippen LogP contribution in [0.4, 0.5) is 0 Å². The maximum Gasteiger partial charge on any atom is 0.338 e. The number of hydrogen-bond donors (Lipinski definition) is 3. The van der Waals surface area contributed by atoms with Crippen LogP contribution in [0.25, 0.3) is 0 Å². The van der Waals surface area contributed by atoms with Gasteiger partial charge in [0.15, 0.2) is 11.7 Å². The molecule has 0 saturated heterocycles. The number of thiocarbonyl (C=S) groups is 1. The molecule has 0 aliphatic carbocycles. The normalized spacial score (nSPS) is 14.7. The lowest BCUT2D eigenvalue weighted by Gasteiger charge is -2.30. The van der Waals surface area contributed by atoms with Gasteiger partial charge in [-0.2, -0.15) is 5.10 Å². The van der Waals surface area contributed by atoms with E-state index in [0.717, 1.165) is 10.0 Å². The minimum Gasteiger partial charge on any atom is -0.488 e. The molecule has 0 saturated carbocycles. The summed E-state index contributed by atoms with van der Waals surface area (Å²) in [5, 5.41) is 11.1. The zero-order valence-electron chi connectivity index (χ0n) is 22.8. The smallest absolute Gasteiger partial charge is 0.338 e. The van der Waals surface area contributed by atoms with E-state index in [2.05, 4.69) is 37.1 Å². The van der Waals surface area contributed by atoms with Crippen LogP contribution < -0.4 is 25.5 Å². The van der Waals surface area contributed by atoms with Crippen molar-refractivity contribution in [3.8, 4) is 11.5 Å². The summed E-state index contributed by atoms with van der Waals surface area (Å²) in [4.78, 5) is 25.4. The third-order valence-electron chi connectivity index (χ3n) is 6.00. The molecule has 0 aromatic heterocycles. The van der Waals surface area contributed by atoms with E-state index in [9.17, 15) is 9.59 Å². The number of carbonyl (C=O) groups excluding carboxylic acids is 2. The molecule has 218 valence electrons. The predicted octanol–water partition coefficient (Wildman–Crippen LogP) is 5.57. The van der Waals surface area contributed by atoms with Crippen LogP contribution in [-0.4, -0.2) is 36.4 Å². The number of nitrogens with one attached hydrogen (secondary N) is 3. The summed E-state index contributed by atoms with van der Waals surface area (Å²) in [5.41, 5.74) is 5.61. The molecular weight excluding hydrogens is 644 g/mol. The summed E-state index contributed by atoms with van der Waals surface area (Å²) >= 11 is 14.8. The second-order valence-electron chi connectivity index (χ2n) is 9.01. The fourth-order valence-electron chi connectivity index (χ4n) is 4.15. The van der Waals surface area contributed by atoms with Crippen molar-refractivity contribution in [2.24, 2.45) is 5.10 Å². The van der Waals surface area contributed by atoms with Crippen LogP contribution in [0.2, 0.25) is 5.02 Å². The molecule has 0 radical (unpaired) electrons. The Hall–Kier alpha value is -3.93. The van der Waals surface area contributed by atoms with Crippen LogP contribution in [0.15, 0.2) is 87.6 Å². The lowest BCUT2D eigenvalue weighted by Crippen LogP contribution is -2.45. The summed E-state index contributed by atoms with van der Waals surface area (Å²) in [6.07, 6.45) is 1.49. The van der Waals surface area contributed by atoms with Gasteiger partial charge >= 0.3 is 5.97 Å². The van der Waals surface area contributed by atoms with Crippen LogP contribution in [0.3, 0.4) is 0 Å². The van der Waals surface area contributed by atoms with E-state index in [1.807, 2.05) is 36.4 Å². The molecule has 4 rings (SSSR count). The number of hydrogen-bond acceptors (Lipinski definition) is 7. The fourth-order valence-corrected chi connectivity index (χ4v) is 5.01. The van der Waals surface area contributed by atoms with E-state index in [0.29, 0.717) is 50.6 Å². The first-order chi connectivity index (χ1) is 20.2. The topological polar surface area (TPSA) is 110 Å². The Kier molecular flexibility index (Phi) is 10.9. The summed E-state index contributed by atoms with van der Waals surface area (Å²) in [6, 6.07) is 19.3. The van der Waals surface area contributed by atoms with Crippen LogP contribution in [0.5, 0.6) is 11.5 Å². The summed E-state index contributed by atoms with van der Waals surface area (Å²) in [5.74, 6) is 0.0167. The van der Waals surface area contributed by atoms with Gasteiger partial charge in [0.25, 0.3) is 5.91 Å². The van der Waals surface area contributed by atoms with Gasteiger partial charge in [0.1, 0.15) is 18.1 Å². The average Bonchev–Trinajstić information content (AvgIpc) is 2.95. The second kappa shape index (κ2) is 14.8. The van der Waals surface area contributed by atoms with Gasteiger partial charge < -0.3 is 24.8 Å². The molecule has 0 bridgehead atoms. The number of ether oxygens (including phenoxy) is 3. The highest BCUT2D eigenvalue weighted by Gasteiger charge is 2.32. The fraction of sp³-hybridized carbons (Fsp3) is 0.200. The number of hydrazone groups is 1. The largest absolute Gasteiger partial charge is 0.488 e. The van der Waals surface area contributed by atoms with Crippen molar-refractivity contribution < 1.29 is 23.8 Å².